The van der Waals surface area contributed by atoms with Crippen LogP contribution in [0.25, 0.3) is 0 Å². The molecule has 0 atom stereocenters. The topological polar surface area (TPSA) is 68.3 Å². The van der Waals surface area contributed by atoms with Gasteiger partial charge >= 0.3 is 0 Å². The first-order chi connectivity index (χ1) is 12.8. The van der Waals surface area contributed by atoms with Crippen molar-refractivity contribution >= 4 is 19.7 Å². The lowest BCUT2D eigenvalue weighted by Crippen LogP contribution is -2.31. The number of sulfone groups is 2. The average molecular weight is 423 g/mol. The van der Waals surface area contributed by atoms with Crippen molar-refractivity contribution in [1.82, 2.24) is 0 Å². The molecular weight excluding hydrogens is 392 g/mol. The number of benzene rings is 2. The van der Waals surface area contributed by atoms with Gasteiger partial charge in [0.2, 0.25) is 9.84 Å². The number of hydrogen-bond acceptors (Lipinski definition) is 4. The van der Waals surface area contributed by atoms with E-state index in [-0.39, 0.29) is 20.1 Å². The minimum Gasteiger partial charge on any atom is -0.223 e. The van der Waals surface area contributed by atoms with Crippen molar-refractivity contribution in [3.63, 3.8) is 0 Å². The zero-order valence-electron chi connectivity index (χ0n) is 17.5. The molecule has 0 spiro atoms. The molecular formula is C22H30O4S2. The maximum atomic E-state index is 12.9. The van der Waals surface area contributed by atoms with Gasteiger partial charge in [0.15, 0.2) is 9.84 Å². The fraction of sp³-hybridized carbons (Fsp3) is 0.455. The third-order valence-electron chi connectivity index (χ3n) is 5.85. The van der Waals surface area contributed by atoms with E-state index in [0.717, 1.165) is 12.0 Å². The van der Waals surface area contributed by atoms with Crippen LogP contribution in [0.15, 0.2) is 63.2 Å². The van der Waals surface area contributed by atoms with Crippen molar-refractivity contribution in [3.8, 4) is 0 Å². The largest absolute Gasteiger partial charge is 0.223 e. The van der Waals surface area contributed by atoms with Crippen LogP contribution < -0.4 is 0 Å². The molecule has 2 aromatic rings. The first kappa shape index (κ1) is 22.6. The summed E-state index contributed by atoms with van der Waals surface area (Å²) in [5.74, 6) is 0. The lowest BCUT2D eigenvalue weighted by Gasteiger charge is -2.23. The highest BCUT2D eigenvalue weighted by Crippen LogP contribution is 2.31. The molecule has 0 amide bonds. The highest BCUT2D eigenvalue weighted by Gasteiger charge is 2.34. The molecule has 0 aliphatic carbocycles. The van der Waals surface area contributed by atoms with Gasteiger partial charge in [0, 0.05) is 0 Å². The van der Waals surface area contributed by atoms with E-state index in [2.05, 4.69) is 20.8 Å². The Hall–Kier alpha value is -1.66. The Balaban J connectivity index is 2.40. The van der Waals surface area contributed by atoms with Gasteiger partial charge in [0.05, 0.1) is 19.4 Å². The fourth-order valence-electron chi connectivity index (χ4n) is 2.73. The second-order valence-electron chi connectivity index (χ2n) is 8.35. The summed E-state index contributed by atoms with van der Waals surface area (Å²) in [7, 11) is -7.24. The summed E-state index contributed by atoms with van der Waals surface area (Å²) in [5.41, 5.74) is 1.06. The quantitative estimate of drug-likeness (QED) is 0.617. The van der Waals surface area contributed by atoms with E-state index in [4.69, 9.17) is 0 Å². The maximum absolute atomic E-state index is 12.9. The van der Waals surface area contributed by atoms with Gasteiger partial charge in [-0.25, -0.2) is 16.8 Å². The van der Waals surface area contributed by atoms with Gasteiger partial charge in [-0.15, -0.1) is 0 Å². The second-order valence-corrected chi connectivity index (χ2v) is 12.9. The zero-order chi connectivity index (χ0) is 21.4. The van der Waals surface area contributed by atoms with E-state index in [1.54, 1.807) is 26.0 Å². The molecule has 0 heterocycles. The summed E-state index contributed by atoms with van der Waals surface area (Å²) >= 11 is 0. The standard InChI is InChI=1S/C22H30O4S2/c1-7-21(3,4)17-9-11-18(12-10-17)27(23,24)19-13-15-20(16-14-19)28(25,26)22(5,6)8-2/h9-16H,7-8H2,1-6H3. The van der Waals surface area contributed by atoms with Gasteiger partial charge < -0.3 is 0 Å². The van der Waals surface area contributed by atoms with E-state index in [9.17, 15) is 16.8 Å². The molecule has 0 aromatic heterocycles. The molecule has 0 N–H and O–H groups in total. The van der Waals surface area contributed by atoms with Crippen LogP contribution in [-0.2, 0) is 25.1 Å². The third-order valence-corrected chi connectivity index (χ3v) is 10.3. The predicted molar refractivity (Wildman–Crippen MR) is 113 cm³/mol. The van der Waals surface area contributed by atoms with Crippen LogP contribution in [0.5, 0.6) is 0 Å². The van der Waals surface area contributed by atoms with Gasteiger partial charge in [0.1, 0.15) is 0 Å². The van der Waals surface area contributed by atoms with Crippen molar-refractivity contribution < 1.29 is 16.8 Å². The zero-order valence-corrected chi connectivity index (χ0v) is 19.1. The molecule has 4 nitrogen and oxygen atoms in total. The van der Waals surface area contributed by atoms with Crippen molar-refractivity contribution in [2.24, 2.45) is 0 Å². The summed E-state index contributed by atoms with van der Waals surface area (Å²) in [6, 6.07) is 12.4. The van der Waals surface area contributed by atoms with Gasteiger partial charge in [-0.05, 0) is 74.1 Å². The molecule has 0 unspecified atom stereocenters. The summed E-state index contributed by atoms with van der Waals surface area (Å²) in [6.07, 6.45) is 1.42. The van der Waals surface area contributed by atoms with Gasteiger partial charge in [-0.3, -0.25) is 0 Å². The highest BCUT2D eigenvalue weighted by molar-refractivity contribution is 7.93. The molecule has 0 bridgehead atoms. The second kappa shape index (κ2) is 7.64. The molecule has 0 saturated carbocycles. The first-order valence-corrected chi connectivity index (χ1v) is 12.5. The number of rotatable bonds is 7. The molecule has 2 rings (SSSR count). The summed E-state index contributed by atoms with van der Waals surface area (Å²) in [4.78, 5) is 0.425. The van der Waals surface area contributed by atoms with Crippen molar-refractivity contribution in [2.75, 3.05) is 0 Å². The van der Waals surface area contributed by atoms with Crippen LogP contribution in [0.1, 0.15) is 59.9 Å². The third kappa shape index (κ3) is 4.03. The Kier molecular flexibility index (Phi) is 6.17. The normalized spacial score (nSPS) is 13.5. The molecule has 0 aliphatic heterocycles. The van der Waals surface area contributed by atoms with Crippen LogP contribution >= 0.6 is 0 Å². The van der Waals surface area contributed by atoms with Crippen molar-refractivity contribution in [1.29, 1.82) is 0 Å². The SMILES string of the molecule is CCC(C)(C)c1ccc(S(=O)(=O)c2ccc(S(=O)(=O)C(C)(C)CC)cc2)cc1. The summed E-state index contributed by atoms with van der Waals surface area (Å²) in [5, 5.41) is 0. The Labute approximate surface area is 169 Å². The van der Waals surface area contributed by atoms with Gasteiger partial charge in [-0.2, -0.15) is 0 Å². The van der Waals surface area contributed by atoms with Gasteiger partial charge in [-0.1, -0.05) is 39.8 Å². The molecule has 0 saturated heterocycles. The Morgan fingerprint density at radius 1 is 0.643 bits per heavy atom. The average Bonchev–Trinajstić information content (AvgIpc) is 2.68. The molecule has 154 valence electrons. The van der Waals surface area contributed by atoms with Crippen molar-refractivity contribution in [2.45, 2.75) is 79.2 Å². The minimum absolute atomic E-state index is 0.0234. The van der Waals surface area contributed by atoms with Crippen LogP contribution in [0.3, 0.4) is 0 Å². The van der Waals surface area contributed by atoms with Crippen LogP contribution in [0, 0.1) is 0 Å². The van der Waals surface area contributed by atoms with Crippen molar-refractivity contribution in [3.05, 3.63) is 54.1 Å². The molecule has 0 fully saturated rings. The minimum atomic E-state index is -3.71. The summed E-state index contributed by atoms with van der Waals surface area (Å²) in [6.45, 7) is 11.5. The van der Waals surface area contributed by atoms with Gasteiger partial charge in [0.25, 0.3) is 0 Å². The lowest BCUT2D eigenvalue weighted by molar-refractivity contribution is 0.506. The maximum Gasteiger partial charge on any atom is 0.206 e. The van der Waals surface area contributed by atoms with E-state index in [1.165, 1.54) is 24.3 Å². The van der Waals surface area contributed by atoms with E-state index in [1.807, 2.05) is 19.1 Å². The molecule has 6 heteroatoms. The van der Waals surface area contributed by atoms with Crippen LogP contribution in [0.4, 0.5) is 0 Å². The molecule has 0 radical (unpaired) electrons. The van der Waals surface area contributed by atoms with E-state index in [0.29, 0.717) is 6.42 Å². The molecule has 2 aromatic carbocycles. The Bertz CT molecular complexity index is 1030. The van der Waals surface area contributed by atoms with E-state index < -0.39 is 24.4 Å². The number of hydrogen-bond donors (Lipinski definition) is 0. The fourth-order valence-corrected chi connectivity index (χ4v) is 5.51. The first-order valence-electron chi connectivity index (χ1n) is 9.50. The molecule has 28 heavy (non-hydrogen) atoms. The monoisotopic (exact) mass is 422 g/mol. The van der Waals surface area contributed by atoms with Crippen LogP contribution in [-0.4, -0.2) is 21.6 Å². The van der Waals surface area contributed by atoms with E-state index >= 15 is 0 Å². The lowest BCUT2D eigenvalue weighted by atomic mass is 9.82. The molecule has 0 aliphatic rings. The Morgan fingerprint density at radius 3 is 1.43 bits per heavy atom. The summed E-state index contributed by atoms with van der Waals surface area (Å²) < 4.78 is 50.4. The van der Waals surface area contributed by atoms with Crippen LogP contribution in [0.2, 0.25) is 0 Å². The predicted octanol–water partition coefficient (Wildman–Crippen LogP) is 5.17. The smallest absolute Gasteiger partial charge is 0.206 e. The highest BCUT2D eigenvalue weighted by atomic mass is 32.2. The Morgan fingerprint density at radius 2 is 1.04 bits per heavy atom.